The van der Waals surface area contributed by atoms with Gasteiger partial charge in [0.05, 0.1) is 0 Å². The van der Waals surface area contributed by atoms with Crippen LogP contribution in [0.2, 0.25) is 0 Å². The molecule has 0 saturated heterocycles. The molecule has 0 aromatic rings. The van der Waals surface area contributed by atoms with Crippen LogP contribution in [0.4, 0.5) is 9.18 Å². The van der Waals surface area contributed by atoms with Gasteiger partial charge in [0.25, 0.3) is 5.79 Å². The van der Waals surface area contributed by atoms with Gasteiger partial charge in [0.1, 0.15) is 0 Å². The molecule has 0 aromatic carbocycles. The zero-order chi connectivity index (χ0) is 13.6. The molecule has 1 unspecified atom stereocenters. The van der Waals surface area contributed by atoms with Crippen LogP contribution in [0.3, 0.4) is 0 Å². The van der Waals surface area contributed by atoms with Crippen molar-refractivity contribution in [1.82, 2.24) is 0 Å². The van der Waals surface area contributed by atoms with Gasteiger partial charge in [-0.25, -0.2) is 14.4 Å². The molecule has 0 aliphatic rings. The predicted octanol–water partition coefficient (Wildman–Crippen LogP) is 0.852. The molecule has 0 rings (SSSR count). The highest BCUT2D eigenvalue weighted by Gasteiger charge is 2.33. The molecule has 96 valence electrons. The zero-order valence-electron chi connectivity index (χ0n) is 9.44. The van der Waals surface area contributed by atoms with Gasteiger partial charge < -0.3 is 14.2 Å². The van der Waals surface area contributed by atoms with Crippen LogP contribution in [0.5, 0.6) is 0 Å². The van der Waals surface area contributed by atoms with Crippen molar-refractivity contribution in [1.29, 1.82) is 0 Å². The quantitative estimate of drug-likeness (QED) is 0.240. The third kappa shape index (κ3) is 5.59. The van der Waals surface area contributed by atoms with E-state index in [9.17, 15) is 23.6 Å². The van der Waals surface area contributed by atoms with E-state index in [1.807, 2.05) is 0 Å². The first kappa shape index (κ1) is 15.0. The predicted molar refractivity (Wildman–Crippen MR) is 49.2 cm³/mol. The monoisotopic (exact) mass is 250 g/mol. The SMILES string of the molecule is CCC(C)(OC(C)=O)OC(=O)OC(=O)C(=O)F. The Bertz CT molecular complexity index is 351. The van der Waals surface area contributed by atoms with Crippen LogP contribution in [0.15, 0.2) is 0 Å². The highest BCUT2D eigenvalue weighted by Crippen LogP contribution is 2.18. The standard InChI is InChI=1S/C9H11FO7/c1-4-9(3,16-5(2)11)17-8(14)15-7(13)6(10)12/h4H2,1-3H3. The van der Waals surface area contributed by atoms with E-state index in [2.05, 4.69) is 14.2 Å². The molecule has 17 heavy (non-hydrogen) atoms. The molecule has 0 saturated carbocycles. The van der Waals surface area contributed by atoms with E-state index in [1.165, 1.54) is 13.8 Å². The Morgan fingerprint density at radius 3 is 2.06 bits per heavy atom. The highest BCUT2D eigenvalue weighted by molar-refractivity contribution is 6.30. The molecular formula is C9H11FO7. The summed E-state index contributed by atoms with van der Waals surface area (Å²) in [5.74, 6) is -4.38. The lowest BCUT2D eigenvalue weighted by molar-refractivity contribution is -0.207. The molecule has 1 atom stereocenters. The summed E-state index contributed by atoms with van der Waals surface area (Å²) in [6.45, 7) is 3.84. The lowest BCUT2D eigenvalue weighted by Crippen LogP contribution is -2.37. The normalized spacial score (nSPS) is 13.2. The topological polar surface area (TPSA) is 96.0 Å². The molecule has 7 nitrogen and oxygen atoms in total. The zero-order valence-corrected chi connectivity index (χ0v) is 9.44. The van der Waals surface area contributed by atoms with Gasteiger partial charge in [-0.2, -0.15) is 4.39 Å². The van der Waals surface area contributed by atoms with Gasteiger partial charge in [-0.15, -0.1) is 0 Å². The molecule has 0 aliphatic heterocycles. The summed E-state index contributed by atoms with van der Waals surface area (Å²) in [6.07, 6.45) is -1.56. The second-order valence-electron chi connectivity index (χ2n) is 3.10. The summed E-state index contributed by atoms with van der Waals surface area (Å²) in [4.78, 5) is 41.9. The van der Waals surface area contributed by atoms with Gasteiger partial charge in [-0.3, -0.25) is 4.79 Å². The van der Waals surface area contributed by atoms with Crippen LogP contribution in [-0.2, 0) is 28.6 Å². The first-order valence-electron chi connectivity index (χ1n) is 4.54. The summed E-state index contributed by atoms with van der Waals surface area (Å²) >= 11 is 0. The first-order chi connectivity index (χ1) is 7.70. The van der Waals surface area contributed by atoms with Crippen LogP contribution in [-0.4, -0.2) is 29.9 Å². The lowest BCUT2D eigenvalue weighted by Gasteiger charge is -2.26. The van der Waals surface area contributed by atoms with Crippen LogP contribution in [0.25, 0.3) is 0 Å². The average molecular weight is 250 g/mol. The molecule has 0 radical (unpaired) electrons. The lowest BCUT2D eigenvalue weighted by atomic mass is 10.2. The molecule has 0 heterocycles. The summed E-state index contributed by atoms with van der Waals surface area (Å²) in [5, 5.41) is 0. The van der Waals surface area contributed by atoms with Crippen molar-refractivity contribution in [3.63, 3.8) is 0 Å². The van der Waals surface area contributed by atoms with E-state index in [-0.39, 0.29) is 6.42 Å². The van der Waals surface area contributed by atoms with Crippen molar-refractivity contribution in [2.24, 2.45) is 0 Å². The van der Waals surface area contributed by atoms with Crippen molar-refractivity contribution in [3.05, 3.63) is 0 Å². The minimum atomic E-state index is -2.44. The van der Waals surface area contributed by atoms with Gasteiger partial charge in [-0.05, 0) is 0 Å². The van der Waals surface area contributed by atoms with E-state index in [4.69, 9.17) is 0 Å². The fourth-order valence-electron chi connectivity index (χ4n) is 0.782. The molecule has 0 N–H and O–H groups in total. The van der Waals surface area contributed by atoms with Crippen LogP contribution < -0.4 is 0 Å². The number of esters is 2. The Balaban J connectivity index is 4.48. The van der Waals surface area contributed by atoms with Crippen molar-refractivity contribution in [2.45, 2.75) is 33.0 Å². The second kappa shape index (κ2) is 5.92. The maximum absolute atomic E-state index is 11.8. The minimum Gasteiger partial charge on any atom is -0.423 e. The Morgan fingerprint density at radius 2 is 1.71 bits per heavy atom. The number of rotatable bonds is 4. The molecule has 0 spiro atoms. The fraction of sp³-hybridized carbons (Fsp3) is 0.556. The molecule has 0 bridgehead atoms. The molecule has 0 aromatic heterocycles. The number of hydrogen-bond donors (Lipinski definition) is 0. The van der Waals surface area contributed by atoms with Gasteiger partial charge >= 0.3 is 24.1 Å². The summed E-state index contributed by atoms with van der Waals surface area (Å²) in [6, 6.07) is -2.44. The van der Waals surface area contributed by atoms with Gasteiger partial charge in [-0.1, -0.05) is 6.92 Å². The first-order valence-corrected chi connectivity index (χ1v) is 4.54. The molecule has 0 amide bonds. The Labute approximate surface area is 95.8 Å². The van der Waals surface area contributed by atoms with Crippen LogP contribution in [0, 0.1) is 0 Å². The number of carbonyl (C=O) groups excluding carboxylic acids is 4. The van der Waals surface area contributed by atoms with E-state index in [0.717, 1.165) is 6.92 Å². The van der Waals surface area contributed by atoms with Crippen molar-refractivity contribution < 1.29 is 37.8 Å². The van der Waals surface area contributed by atoms with Crippen molar-refractivity contribution in [3.8, 4) is 0 Å². The summed E-state index contributed by atoms with van der Waals surface area (Å²) < 4.78 is 24.6. The maximum Gasteiger partial charge on any atom is 0.519 e. The molecule has 0 fully saturated rings. The highest BCUT2D eigenvalue weighted by atomic mass is 19.1. The van der Waals surface area contributed by atoms with E-state index < -0.39 is 29.9 Å². The van der Waals surface area contributed by atoms with Gasteiger partial charge in [0, 0.05) is 20.3 Å². The Hall–Kier alpha value is -1.99. The van der Waals surface area contributed by atoms with E-state index in [1.54, 1.807) is 0 Å². The smallest absolute Gasteiger partial charge is 0.423 e. The van der Waals surface area contributed by atoms with Crippen LogP contribution >= 0.6 is 0 Å². The number of ether oxygens (including phenoxy) is 3. The fourth-order valence-corrected chi connectivity index (χ4v) is 0.782. The van der Waals surface area contributed by atoms with E-state index in [0.29, 0.717) is 0 Å². The van der Waals surface area contributed by atoms with Gasteiger partial charge in [0.2, 0.25) is 0 Å². The third-order valence-electron chi connectivity index (χ3n) is 1.64. The maximum atomic E-state index is 11.8. The summed E-state index contributed by atoms with van der Waals surface area (Å²) in [5.41, 5.74) is 0. The van der Waals surface area contributed by atoms with Crippen molar-refractivity contribution in [2.75, 3.05) is 0 Å². The van der Waals surface area contributed by atoms with Crippen molar-refractivity contribution >= 4 is 24.1 Å². The average Bonchev–Trinajstić information content (AvgIpc) is 2.15. The largest absolute Gasteiger partial charge is 0.519 e. The Morgan fingerprint density at radius 1 is 1.18 bits per heavy atom. The van der Waals surface area contributed by atoms with Gasteiger partial charge in [0.15, 0.2) is 0 Å². The Kier molecular flexibility index (Phi) is 5.23. The molecule has 8 heteroatoms. The molecular weight excluding hydrogens is 239 g/mol. The minimum absolute atomic E-state index is 0.0689. The second-order valence-corrected chi connectivity index (χ2v) is 3.10. The molecule has 0 aliphatic carbocycles. The number of hydrogen-bond acceptors (Lipinski definition) is 7. The number of halogens is 1. The third-order valence-corrected chi connectivity index (χ3v) is 1.64. The van der Waals surface area contributed by atoms with E-state index >= 15 is 0 Å². The number of carbonyl (C=O) groups is 4. The summed E-state index contributed by atoms with van der Waals surface area (Å²) in [7, 11) is 0. The van der Waals surface area contributed by atoms with Crippen LogP contribution in [0.1, 0.15) is 27.2 Å².